The van der Waals surface area contributed by atoms with Gasteiger partial charge in [0.15, 0.2) is 0 Å². The van der Waals surface area contributed by atoms with Crippen LogP contribution in [-0.2, 0) is 30.4 Å². The van der Waals surface area contributed by atoms with Gasteiger partial charge in [0.25, 0.3) is 0 Å². The SMILES string of the molecule is Cc1ccc(C2(CNS(=O)(=O)c3cc(C)c4c(c3)C(C)(C)C(=O)N4)CCOCC2)cc1. The summed E-state index contributed by atoms with van der Waals surface area (Å²) in [6.45, 7) is 9.01. The number of nitrogens with one attached hydrogen (secondary N) is 2. The van der Waals surface area contributed by atoms with Gasteiger partial charge in [-0.15, -0.1) is 0 Å². The Morgan fingerprint density at radius 3 is 2.35 bits per heavy atom. The highest BCUT2D eigenvalue weighted by Gasteiger charge is 2.41. The van der Waals surface area contributed by atoms with Crippen molar-refractivity contribution in [1.82, 2.24) is 4.72 Å². The van der Waals surface area contributed by atoms with E-state index in [0.29, 0.717) is 19.8 Å². The molecule has 7 heteroatoms. The van der Waals surface area contributed by atoms with Crippen molar-refractivity contribution < 1.29 is 17.9 Å². The second kappa shape index (κ2) is 7.73. The number of ether oxygens (including phenoxy) is 1. The number of hydrogen-bond acceptors (Lipinski definition) is 4. The molecule has 2 aliphatic heterocycles. The number of benzene rings is 2. The molecule has 6 nitrogen and oxygen atoms in total. The lowest BCUT2D eigenvalue weighted by Crippen LogP contribution is -2.44. The molecule has 2 heterocycles. The predicted octanol–water partition coefficient (Wildman–Crippen LogP) is 3.56. The van der Waals surface area contributed by atoms with Crippen LogP contribution >= 0.6 is 0 Å². The molecule has 0 saturated carbocycles. The Hall–Kier alpha value is -2.22. The van der Waals surface area contributed by atoms with Crippen LogP contribution in [0.2, 0.25) is 0 Å². The minimum atomic E-state index is -3.76. The largest absolute Gasteiger partial charge is 0.381 e. The molecule has 0 spiro atoms. The van der Waals surface area contributed by atoms with Crippen LogP contribution in [0.15, 0.2) is 41.3 Å². The predicted molar refractivity (Wildman–Crippen MR) is 121 cm³/mol. The first-order chi connectivity index (χ1) is 14.6. The zero-order valence-corrected chi connectivity index (χ0v) is 19.4. The molecule has 1 fully saturated rings. The van der Waals surface area contributed by atoms with E-state index in [1.165, 1.54) is 5.56 Å². The lowest BCUT2D eigenvalue weighted by Gasteiger charge is -2.38. The number of anilines is 1. The topological polar surface area (TPSA) is 84.5 Å². The quantitative estimate of drug-likeness (QED) is 0.742. The number of aryl methyl sites for hydroxylation is 2. The van der Waals surface area contributed by atoms with E-state index in [1.807, 2.05) is 27.7 Å². The van der Waals surface area contributed by atoms with Crippen LogP contribution in [-0.4, -0.2) is 34.1 Å². The molecule has 2 aromatic rings. The maximum Gasteiger partial charge on any atom is 0.240 e. The first-order valence-corrected chi connectivity index (χ1v) is 12.1. The van der Waals surface area contributed by atoms with Gasteiger partial charge >= 0.3 is 0 Å². The maximum absolute atomic E-state index is 13.3. The van der Waals surface area contributed by atoms with E-state index in [9.17, 15) is 13.2 Å². The summed E-state index contributed by atoms with van der Waals surface area (Å²) in [4.78, 5) is 12.5. The van der Waals surface area contributed by atoms with E-state index in [-0.39, 0.29) is 16.2 Å². The molecular formula is C24H30N2O4S. The van der Waals surface area contributed by atoms with E-state index in [0.717, 1.165) is 35.2 Å². The highest BCUT2D eigenvalue weighted by atomic mass is 32.2. The molecule has 0 aliphatic carbocycles. The van der Waals surface area contributed by atoms with Gasteiger partial charge in [-0.25, -0.2) is 13.1 Å². The Bertz CT molecular complexity index is 1120. The van der Waals surface area contributed by atoms with Crippen molar-refractivity contribution in [2.45, 2.75) is 56.3 Å². The third-order valence-electron chi connectivity index (χ3n) is 6.81. The average molecular weight is 443 g/mol. The Kier molecular flexibility index (Phi) is 5.48. The highest BCUT2D eigenvalue weighted by molar-refractivity contribution is 7.89. The van der Waals surface area contributed by atoms with E-state index < -0.39 is 15.4 Å². The number of sulfonamides is 1. The summed E-state index contributed by atoms with van der Waals surface area (Å²) in [6.07, 6.45) is 1.51. The molecule has 31 heavy (non-hydrogen) atoms. The fraction of sp³-hybridized carbons (Fsp3) is 0.458. The van der Waals surface area contributed by atoms with Crippen LogP contribution in [0.1, 0.15) is 48.9 Å². The first-order valence-electron chi connectivity index (χ1n) is 10.7. The molecule has 0 atom stereocenters. The lowest BCUT2D eigenvalue weighted by molar-refractivity contribution is -0.119. The van der Waals surface area contributed by atoms with Gasteiger partial charge < -0.3 is 10.1 Å². The molecule has 4 rings (SSSR count). The molecule has 0 aromatic heterocycles. The third-order valence-corrected chi connectivity index (χ3v) is 8.19. The van der Waals surface area contributed by atoms with Crippen molar-refractivity contribution in [2.24, 2.45) is 0 Å². The van der Waals surface area contributed by atoms with Crippen LogP contribution in [0.3, 0.4) is 0 Å². The van der Waals surface area contributed by atoms with Gasteiger partial charge in [-0.2, -0.15) is 0 Å². The number of carbonyl (C=O) groups is 1. The van der Waals surface area contributed by atoms with Crippen molar-refractivity contribution in [3.63, 3.8) is 0 Å². The Morgan fingerprint density at radius 2 is 1.71 bits per heavy atom. The van der Waals surface area contributed by atoms with E-state index in [1.54, 1.807) is 12.1 Å². The second-order valence-electron chi connectivity index (χ2n) is 9.33. The molecule has 0 bridgehead atoms. The molecule has 2 N–H and O–H groups in total. The summed E-state index contributed by atoms with van der Waals surface area (Å²) in [5.41, 5.74) is 3.41. The van der Waals surface area contributed by atoms with Crippen molar-refractivity contribution in [1.29, 1.82) is 0 Å². The van der Waals surface area contributed by atoms with Crippen molar-refractivity contribution in [3.05, 3.63) is 58.7 Å². The van der Waals surface area contributed by atoms with Crippen LogP contribution in [0.5, 0.6) is 0 Å². The summed E-state index contributed by atoms with van der Waals surface area (Å²) in [5.74, 6) is -0.117. The molecule has 1 amide bonds. The molecule has 2 aliphatic rings. The van der Waals surface area contributed by atoms with Crippen LogP contribution in [0, 0.1) is 13.8 Å². The van der Waals surface area contributed by atoms with Gasteiger partial charge in [0, 0.05) is 30.9 Å². The summed E-state index contributed by atoms with van der Waals surface area (Å²) >= 11 is 0. The van der Waals surface area contributed by atoms with Crippen molar-refractivity contribution in [3.8, 4) is 0 Å². The standard InChI is InChI=1S/C24H30N2O4S/c1-16-5-7-18(8-6-16)24(9-11-30-12-10-24)15-25-31(28,29)19-13-17(2)21-20(14-19)23(3,4)22(27)26-21/h5-8,13-14,25H,9-12,15H2,1-4H3,(H,26,27). The average Bonchev–Trinajstić information content (AvgIpc) is 2.97. The van der Waals surface area contributed by atoms with Gasteiger partial charge in [-0.3, -0.25) is 4.79 Å². The van der Waals surface area contributed by atoms with E-state index in [2.05, 4.69) is 34.3 Å². The van der Waals surface area contributed by atoms with Crippen molar-refractivity contribution >= 4 is 21.6 Å². The van der Waals surface area contributed by atoms with Gasteiger partial charge in [0.2, 0.25) is 15.9 Å². The molecule has 0 unspecified atom stereocenters. The molecule has 166 valence electrons. The summed E-state index contributed by atoms with van der Waals surface area (Å²) in [5, 5.41) is 2.88. The lowest BCUT2D eigenvalue weighted by atomic mass is 9.74. The third kappa shape index (κ3) is 3.90. The van der Waals surface area contributed by atoms with Gasteiger partial charge in [0.05, 0.1) is 10.3 Å². The van der Waals surface area contributed by atoms with Crippen molar-refractivity contribution in [2.75, 3.05) is 25.1 Å². The first kappa shape index (κ1) is 22.0. The molecule has 0 radical (unpaired) electrons. The van der Waals surface area contributed by atoms with Crippen LogP contribution in [0.25, 0.3) is 0 Å². The summed E-state index contributed by atoms with van der Waals surface area (Å²) < 4.78 is 35.0. The minimum absolute atomic E-state index is 0.117. The number of hydrogen-bond donors (Lipinski definition) is 2. The zero-order valence-electron chi connectivity index (χ0n) is 18.5. The molecule has 2 aromatic carbocycles. The normalized spacial score (nSPS) is 19.7. The monoisotopic (exact) mass is 442 g/mol. The number of amides is 1. The van der Waals surface area contributed by atoms with E-state index >= 15 is 0 Å². The van der Waals surface area contributed by atoms with Gasteiger partial charge in [-0.05, 0) is 69.4 Å². The Morgan fingerprint density at radius 1 is 1.06 bits per heavy atom. The summed E-state index contributed by atoms with van der Waals surface area (Å²) in [7, 11) is -3.76. The Labute approximate surface area is 184 Å². The number of carbonyl (C=O) groups excluding carboxylic acids is 1. The highest BCUT2D eigenvalue weighted by Crippen LogP contribution is 2.41. The number of rotatable bonds is 5. The van der Waals surface area contributed by atoms with E-state index in [4.69, 9.17) is 4.74 Å². The van der Waals surface area contributed by atoms with Crippen LogP contribution in [0.4, 0.5) is 5.69 Å². The Balaban J connectivity index is 1.64. The number of fused-ring (bicyclic) bond motifs is 1. The fourth-order valence-corrected chi connectivity index (χ4v) is 5.75. The minimum Gasteiger partial charge on any atom is -0.381 e. The maximum atomic E-state index is 13.3. The molecule has 1 saturated heterocycles. The fourth-order valence-electron chi connectivity index (χ4n) is 4.51. The van der Waals surface area contributed by atoms with Gasteiger partial charge in [0.1, 0.15) is 0 Å². The summed E-state index contributed by atoms with van der Waals surface area (Å²) in [6, 6.07) is 11.6. The second-order valence-corrected chi connectivity index (χ2v) is 11.1. The van der Waals surface area contributed by atoms with Gasteiger partial charge in [-0.1, -0.05) is 29.8 Å². The zero-order chi connectivity index (χ0) is 22.4. The molecular weight excluding hydrogens is 412 g/mol. The smallest absolute Gasteiger partial charge is 0.240 e. The van der Waals surface area contributed by atoms with Crippen LogP contribution < -0.4 is 10.0 Å².